The zero-order valence-corrected chi connectivity index (χ0v) is 15.4. The van der Waals surface area contributed by atoms with Gasteiger partial charge in [-0.3, -0.25) is 4.79 Å². The number of amides is 1. The Bertz CT molecular complexity index is 975. The van der Waals surface area contributed by atoms with E-state index in [2.05, 4.69) is 15.5 Å². The van der Waals surface area contributed by atoms with Gasteiger partial charge in [-0.2, -0.15) is 13.2 Å². The van der Waals surface area contributed by atoms with Gasteiger partial charge in [-0.05, 0) is 42.5 Å². The topological polar surface area (TPSA) is 127 Å². The van der Waals surface area contributed by atoms with Gasteiger partial charge < -0.3 is 10.4 Å². The average Bonchev–Trinajstić information content (AvgIpc) is 3.04. The minimum absolute atomic E-state index is 0.177. The zero-order chi connectivity index (χ0) is 20.6. The Morgan fingerprint density at radius 1 is 1.37 bits per heavy atom. The summed E-state index contributed by atoms with van der Waals surface area (Å²) in [5.41, 5.74) is -3.98. The first-order valence-corrected chi connectivity index (χ1v) is 9.09. The van der Waals surface area contributed by atoms with Crippen molar-refractivity contribution >= 4 is 33.0 Å². The molecule has 0 bridgehead atoms. The molecule has 1 amide bonds. The quantitative estimate of drug-likeness (QED) is 0.738. The summed E-state index contributed by atoms with van der Waals surface area (Å²) in [5, 5.41) is 20.6. The van der Waals surface area contributed by atoms with Crippen LogP contribution in [-0.2, 0) is 21.2 Å². The fourth-order valence-corrected chi connectivity index (χ4v) is 3.44. The van der Waals surface area contributed by atoms with E-state index in [0.717, 1.165) is 22.9 Å². The number of carbonyl (C=O) groups excluding carboxylic acids is 1. The number of nitrogens with zero attached hydrogens (tertiary/aromatic N) is 4. The van der Waals surface area contributed by atoms with E-state index in [4.69, 9.17) is 11.6 Å². The molecular formula is C13H13ClF3N5O4S. The minimum atomic E-state index is -5.22. The number of sulfone groups is 1. The lowest BCUT2D eigenvalue weighted by atomic mass is 10.1. The van der Waals surface area contributed by atoms with Crippen LogP contribution < -0.4 is 5.32 Å². The van der Waals surface area contributed by atoms with E-state index in [0.29, 0.717) is 0 Å². The van der Waals surface area contributed by atoms with Crippen LogP contribution in [0.3, 0.4) is 0 Å². The summed E-state index contributed by atoms with van der Waals surface area (Å²) < 4.78 is 64.2. The number of hydrogen-bond acceptors (Lipinski definition) is 7. The molecule has 0 saturated carbocycles. The van der Waals surface area contributed by atoms with Crippen molar-refractivity contribution in [3.63, 3.8) is 0 Å². The van der Waals surface area contributed by atoms with Crippen LogP contribution in [0.15, 0.2) is 28.3 Å². The molecule has 9 nitrogen and oxygen atoms in total. The van der Waals surface area contributed by atoms with Gasteiger partial charge in [-0.1, -0.05) is 16.7 Å². The Morgan fingerprint density at radius 3 is 2.52 bits per heavy atom. The summed E-state index contributed by atoms with van der Waals surface area (Å²) in [7, 11) is -4.16. The van der Waals surface area contributed by atoms with Crippen molar-refractivity contribution in [3.05, 3.63) is 23.2 Å². The third-order valence-electron chi connectivity index (χ3n) is 3.53. The Hall–Kier alpha value is -2.25. The average molecular weight is 428 g/mol. The van der Waals surface area contributed by atoms with Crippen LogP contribution in [0.4, 0.5) is 18.9 Å². The highest BCUT2D eigenvalue weighted by Gasteiger charge is 2.55. The molecule has 1 heterocycles. The molecule has 0 fully saturated rings. The number of rotatable bonds is 5. The normalized spacial score (nSPS) is 14.6. The summed E-state index contributed by atoms with van der Waals surface area (Å²) in [6.07, 6.45) is -5.22. The highest BCUT2D eigenvalue weighted by Crippen LogP contribution is 2.33. The zero-order valence-electron chi connectivity index (χ0n) is 13.8. The summed E-state index contributed by atoms with van der Waals surface area (Å²) in [6, 6.07) is 2.91. The summed E-state index contributed by atoms with van der Waals surface area (Å²) in [4.78, 5) is 11.4. The predicted molar refractivity (Wildman–Crippen MR) is 85.7 cm³/mol. The molecule has 1 atom stereocenters. The Balaban J connectivity index is 2.35. The van der Waals surface area contributed by atoms with Gasteiger partial charge in [0, 0.05) is 6.54 Å². The summed E-state index contributed by atoms with van der Waals surface area (Å²) >= 11 is 5.88. The fourth-order valence-electron chi connectivity index (χ4n) is 1.83. The van der Waals surface area contributed by atoms with Crippen molar-refractivity contribution in [3.8, 4) is 0 Å². The number of carbonyl (C=O) groups is 1. The number of nitrogens with one attached hydrogen (secondary N) is 1. The molecule has 2 aromatic rings. The van der Waals surface area contributed by atoms with Crippen LogP contribution in [-0.4, -0.2) is 51.4 Å². The lowest BCUT2D eigenvalue weighted by Gasteiger charge is -2.25. The van der Waals surface area contributed by atoms with Gasteiger partial charge in [0.05, 0.1) is 15.6 Å². The van der Waals surface area contributed by atoms with Gasteiger partial charge in [0.2, 0.25) is 15.4 Å². The maximum absolute atomic E-state index is 12.7. The van der Waals surface area contributed by atoms with Crippen LogP contribution >= 0.6 is 11.6 Å². The van der Waals surface area contributed by atoms with E-state index < -0.39 is 32.7 Å². The lowest BCUT2D eigenvalue weighted by molar-refractivity contribution is -0.242. The maximum atomic E-state index is 12.7. The smallest absolute Gasteiger partial charge is 0.373 e. The van der Waals surface area contributed by atoms with E-state index in [9.17, 15) is 31.5 Å². The molecular weight excluding hydrogens is 415 g/mol. The third kappa shape index (κ3) is 3.89. The first kappa shape index (κ1) is 21.1. The predicted octanol–water partition coefficient (Wildman–Crippen LogP) is 1.43. The molecule has 0 saturated heterocycles. The van der Waals surface area contributed by atoms with Crippen LogP contribution in [0.5, 0.6) is 0 Å². The number of aryl methyl sites for hydroxylation is 1. The molecule has 0 aliphatic heterocycles. The van der Waals surface area contributed by atoms with Gasteiger partial charge in [-0.15, -0.1) is 0 Å². The van der Waals surface area contributed by atoms with Gasteiger partial charge in [0.15, 0.2) is 0 Å². The van der Waals surface area contributed by atoms with E-state index in [1.54, 1.807) is 6.92 Å². The van der Waals surface area contributed by atoms with Crippen LogP contribution in [0.1, 0.15) is 13.8 Å². The number of benzene rings is 1. The highest BCUT2D eigenvalue weighted by atomic mass is 35.5. The second-order valence-electron chi connectivity index (χ2n) is 5.45. The second kappa shape index (κ2) is 7.05. The SMILES string of the molecule is CCn1nnnc1S(=O)(=O)c1ccc(NC(=O)C(C)(O)C(F)(F)F)c(Cl)c1. The van der Waals surface area contributed by atoms with Crippen molar-refractivity contribution in [2.24, 2.45) is 0 Å². The molecule has 2 rings (SSSR count). The molecule has 0 spiro atoms. The Labute approximate surface area is 156 Å². The standard InChI is InChI=1S/C13H13ClF3N5O4S/c1-3-22-11(19-20-21-22)27(25,26)7-4-5-9(8(14)6-7)18-10(23)12(2,24)13(15,16)17/h4-6,24H,3H2,1-2H3,(H,18,23). The van der Waals surface area contributed by atoms with Crippen molar-refractivity contribution in [2.75, 3.05) is 5.32 Å². The molecule has 1 aromatic carbocycles. The van der Waals surface area contributed by atoms with Gasteiger partial charge >= 0.3 is 6.18 Å². The largest absolute Gasteiger partial charge is 0.426 e. The molecule has 1 aromatic heterocycles. The molecule has 148 valence electrons. The monoisotopic (exact) mass is 427 g/mol. The Morgan fingerprint density at radius 2 is 2.00 bits per heavy atom. The van der Waals surface area contributed by atoms with Crippen molar-refractivity contribution in [1.29, 1.82) is 0 Å². The number of anilines is 1. The van der Waals surface area contributed by atoms with Crippen molar-refractivity contribution in [1.82, 2.24) is 20.2 Å². The van der Waals surface area contributed by atoms with Gasteiger partial charge in [-0.25, -0.2) is 13.1 Å². The molecule has 0 radical (unpaired) electrons. The third-order valence-corrected chi connectivity index (χ3v) is 5.49. The summed E-state index contributed by atoms with van der Waals surface area (Å²) in [6.45, 7) is 2.07. The lowest BCUT2D eigenvalue weighted by Crippen LogP contribution is -2.52. The van der Waals surface area contributed by atoms with E-state index in [-0.39, 0.29) is 29.1 Å². The first-order valence-electron chi connectivity index (χ1n) is 7.23. The molecule has 0 aliphatic rings. The van der Waals surface area contributed by atoms with Crippen LogP contribution in [0, 0.1) is 0 Å². The first-order chi connectivity index (χ1) is 12.3. The molecule has 1 unspecified atom stereocenters. The number of halogens is 4. The Kier molecular flexibility index (Phi) is 5.50. The van der Waals surface area contributed by atoms with Crippen molar-refractivity contribution in [2.45, 2.75) is 42.2 Å². The maximum Gasteiger partial charge on any atom is 0.426 e. The van der Waals surface area contributed by atoms with E-state index >= 15 is 0 Å². The highest BCUT2D eigenvalue weighted by molar-refractivity contribution is 7.91. The minimum Gasteiger partial charge on any atom is -0.373 e. The van der Waals surface area contributed by atoms with Crippen molar-refractivity contribution < 1.29 is 31.5 Å². The van der Waals surface area contributed by atoms with Crippen LogP contribution in [0.25, 0.3) is 0 Å². The van der Waals surface area contributed by atoms with E-state index in [1.807, 2.05) is 5.32 Å². The second-order valence-corrected chi connectivity index (χ2v) is 7.70. The molecule has 14 heteroatoms. The number of tetrazole rings is 1. The molecule has 27 heavy (non-hydrogen) atoms. The molecule has 0 aliphatic carbocycles. The summed E-state index contributed by atoms with van der Waals surface area (Å²) in [5.74, 6) is -1.78. The molecule has 2 N–H and O–H groups in total. The number of hydrogen-bond donors (Lipinski definition) is 2. The van der Waals surface area contributed by atoms with E-state index in [1.165, 1.54) is 0 Å². The fraction of sp³-hybridized carbons (Fsp3) is 0.385. The van der Waals surface area contributed by atoms with Gasteiger partial charge in [0.1, 0.15) is 0 Å². The number of aliphatic hydroxyl groups is 1. The number of alkyl halides is 3. The number of aromatic nitrogens is 4. The van der Waals surface area contributed by atoms with Crippen LogP contribution in [0.2, 0.25) is 5.02 Å². The van der Waals surface area contributed by atoms with Gasteiger partial charge in [0.25, 0.3) is 11.1 Å².